The summed E-state index contributed by atoms with van der Waals surface area (Å²) in [5.41, 5.74) is 8.35. The second kappa shape index (κ2) is 10.5. The highest BCUT2D eigenvalue weighted by Gasteiger charge is 2.29. The molecule has 0 aliphatic rings. The molecule has 0 unspecified atom stereocenters. The number of aromatic nitrogens is 5. The number of aryl methyl sites for hydroxylation is 1. The number of halogens is 5. The van der Waals surface area contributed by atoms with E-state index in [0.29, 0.717) is 16.0 Å². The van der Waals surface area contributed by atoms with Crippen LogP contribution in [0.3, 0.4) is 0 Å². The number of anilines is 1. The number of nitrogens with two attached hydrogens (primary N) is 1. The van der Waals surface area contributed by atoms with Crippen LogP contribution in [-0.4, -0.2) is 36.9 Å². The van der Waals surface area contributed by atoms with Crippen molar-refractivity contribution in [3.63, 3.8) is 0 Å². The van der Waals surface area contributed by atoms with Crippen LogP contribution >= 0.6 is 11.3 Å². The summed E-state index contributed by atoms with van der Waals surface area (Å²) in [6, 6.07) is 10.3. The van der Waals surface area contributed by atoms with Crippen molar-refractivity contribution in [1.29, 1.82) is 0 Å². The van der Waals surface area contributed by atoms with Gasteiger partial charge in [-0.25, -0.2) is 23.4 Å². The van der Waals surface area contributed by atoms with Gasteiger partial charge in [0.2, 0.25) is 0 Å². The highest BCUT2D eigenvalue weighted by atomic mass is 32.1. The predicted octanol–water partition coefficient (Wildman–Crippen LogP) is 6.55. The number of thiazole rings is 1. The molecule has 4 aromatic heterocycles. The number of nitrogens with zero attached hydrogens (tertiary/aromatic N) is 5. The third kappa shape index (κ3) is 5.07. The topological polar surface area (TPSA) is 100 Å². The number of ether oxygens (including phenoxy) is 1. The van der Waals surface area contributed by atoms with Gasteiger partial charge in [-0.1, -0.05) is 12.1 Å². The van der Waals surface area contributed by atoms with Crippen LogP contribution in [0.2, 0.25) is 0 Å². The van der Waals surface area contributed by atoms with Gasteiger partial charge < -0.3 is 10.5 Å². The Kier molecular flexibility index (Phi) is 6.87. The lowest BCUT2D eigenvalue weighted by Crippen LogP contribution is -2.21. The normalized spacial score (nSPS) is 12.7. The molecule has 0 fully saturated rings. The zero-order valence-corrected chi connectivity index (χ0v) is 23.3. The number of rotatable bonds is 6. The first-order valence-corrected chi connectivity index (χ1v) is 13.7. The molecule has 6 rings (SSSR count). The van der Waals surface area contributed by atoms with Crippen molar-refractivity contribution in [2.45, 2.75) is 26.1 Å². The summed E-state index contributed by atoms with van der Waals surface area (Å²) >= 11 is 1.37. The van der Waals surface area contributed by atoms with Crippen molar-refractivity contribution in [1.82, 2.24) is 24.1 Å². The summed E-state index contributed by atoms with van der Waals surface area (Å²) in [4.78, 5) is 22.9. The maximum Gasteiger partial charge on any atom is 0.422 e. The molecule has 0 amide bonds. The second-order valence-electron chi connectivity index (χ2n) is 9.82. The average molecular weight is 613 g/mol. The van der Waals surface area contributed by atoms with Crippen LogP contribution in [-0.2, 0) is 0 Å². The third-order valence-corrected chi connectivity index (χ3v) is 7.95. The molecule has 0 aliphatic carbocycles. The molecule has 0 saturated heterocycles. The van der Waals surface area contributed by atoms with Gasteiger partial charge >= 0.3 is 6.18 Å². The summed E-state index contributed by atoms with van der Waals surface area (Å²) in [7, 11) is 0. The van der Waals surface area contributed by atoms with E-state index >= 15 is 0 Å². The Bertz CT molecular complexity index is 2080. The molecule has 43 heavy (non-hydrogen) atoms. The number of benzene rings is 2. The van der Waals surface area contributed by atoms with Gasteiger partial charge in [0.15, 0.2) is 23.8 Å². The first-order valence-electron chi connectivity index (χ1n) is 12.8. The van der Waals surface area contributed by atoms with E-state index in [1.807, 2.05) is 11.4 Å². The molecule has 0 aliphatic heterocycles. The van der Waals surface area contributed by atoms with Crippen LogP contribution in [0.25, 0.3) is 38.2 Å². The highest BCUT2D eigenvalue weighted by Crippen LogP contribution is 2.37. The fourth-order valence-corrected chi connectivity index (χ4v) is 5.94. The number of fused-ring (bicyclic) bond motifs is 2. The molecule has 0 bridgehead atoms. The minimum Gasteiger partial charge on any atom is -0.481 e. The predicted molar refractivity (Wildman–Crippen MR) is 152 cm³/mol. The first-order chi connectivity index (χ1) is 20.4. The molecule has 0 radical (unpaired) electrons. The van der Waals surface area contributed by atoms with Gasteiger partial charge in [-0.15, -0.1) is 11.3 Å². The van der Waals surface area contributed by atoms with Crippen LogP contribution in [0.1, 0.15) is 24.2 Å². The van der Waals surface area contributed by atoms with Crippen molar-refractivity contribution in [3.8, 4) is 28.1 Å². The van der Waals surface area contributed by atoms with Crippen molar-refractivity contribution in [2.24, 2.45) is 0 Å². The molecule has 1 atom stereocenters. The van der Waals surface area contributed by atoms with E-state index in [2.05, 4.69) is 19.8 Å². The van der Waals surface area contributed by atoms with E-state index < -0.39 is 36.2 Å². The summed E-state index contributed by atoms with van der Waals surface area (Å²) in [6.07, 6.45) is -3.41. The molecular weight excluding hydrogens is 591 g/mol. The molecule has 2 N–H and O–H groups in total. The quantitative estimate of drug-likeness (QED) is 0.214. The third-order valence-electron chi connectivity index (χ3n) is 6.95. The van der Waals surface area contributed by atoms with Gasteiger partial charge in [0, 0.05) is 16.6 Å². The molecule has 8 nitrogen and oxygen atoms in total. The monoisotopic (exact) mass is 612 g/mol. The fraction of sp³-hybridized carbons (Fsp3) is 0.172. The number of hydrogen-bond donors (Lipinski definition) is 1. The molecule has 2 aromatic carbocycles. The van der Waals surface area contributed by atoms with Crippen molar-refractivity contribution < 1.29 is 26.7 Å². The average Bonchev–Trinajstić information content (AvgIpc) is 3.53. The van der Waals surface area contributed by atoms with Crippen LogP contribution in [0.4, 0.5) is 27.8 Å². The standard InChI is InChI=1S/C29H21F5N6O2S/c1-14-11-43-22-10-19(23(28(41)39(14)22)16-4-3-5-18(30)8-16)15(2)40-27-24(26(35)36-13-37-27)25(38-40)17-6-7-21(20(31)9-17)42-12-29(32,33)34/h3-11,13,15H,12H2,1-2H3,(H2,35,36,37)/t15-/m0/s1. The Labute approximate surface area is 243 Å². The Balaban J connectivity index is 1.53. The number of hydrogen-bond acceptors (Lipinski definition) is 7. The van der Waals surface area contributed by atoms with Gasteiger partial charge in [-0.3, -0.25) is 9.20 Å². The Morgan fingerprint density at radius 1 is 1.07 bits per heavy atom. The smallest absolute Gasteiger partial charge is 0.422 e. The van der Waals surface area contributed by atoms with Gasteiger partial charge in [-0.2, -0.15) is 18.3 Å². The van der Waals surface area contributed by atoms with Crippen molar-refractivity contribution in [3.05, 3.63) is 93.5 Å². The molecule has 0 saturated carbocycles. The molecule has 6 aromatic rings. The van der Waals surface area contributed by atoms with Crippen LogP contribution in [0.5, 0.6) is 5.75 Å². The van der Waals surface area contributed by atoms with E-state index in [1.54, 1.807) is 24.3 Å². The van der Waals surface area contributed by atoms with E-state index in [1.165, 1.54) is 46.6 Å². The number of pyridine rings is 1. The minimum atomic E-state index is -4.64. The van der Waals surface area contributed by atoms with Crippen molar-refractivity contribution >= 4 is 33.0 Å². The van der Waals surface area contributed by atoms with E-state index in [9.17, 15) is 26.7 Å². The Morgan fingerprint density at radius 2 is 1.86 bits per heavy atom. The van der Waals surface area contributed by atoms with E-state index in [4.69, 9.17) is 5.73 Å². The lowest BCUT2D eigenvalue weighted by molar-refractivity contribution is -0.153. The molecule has 0 spiro atoms. The second-order valence-corrected chi connectivity index (χ2v) is 10.7. The maximum atomic E-state index is 14.9. The molecule has 4 heterocycles. The van der Waals surface area contributed by atoms with Crippen LogP contribution in [0, 0.1) is 18.6 Å². The van der Waals surface area contributed by atoms with E-state index in [0.717, 1.165) is 17.8 Å². The van der Waals surface area contributed by atoms with Gasteiger partial charge in [-0.05, 0) is 61.4 Å². The highest BCUT2D eigenvalue weighted by molar-refractivity contribution is 7.15. The lowest BCUT2D eigenvalue weighted by atomic mass is 9.97. The minimum absolute atomic E-state index is 0.0333. The van der Waals surface area contributed by atoms with Crippen LogP contribution < -0.4 is 16.0 Å². The van der Waals surface area contributed by atoms with E-state index in [-0.39, 0.29) is 39.2 Å². The zero-order valence-electron chi connectivity index (χ0n) is 22.5. The summed E-state index contributed by atoms with van der Waals surface area (Å²) in [5.74, 6) is -2.10. The summed E-state index contributed by atoms with van der Waals surface area (Å²) in [6.45, 7) is 1.92. The molecular formula is C29H21F5N6O2S. The van der Waals surface area contributed by atoms with Gasteiger partial charge in [0.1, 0.15) is 28.5 Å². The fourth-order valence-electron chi connectivity index (χ4n) is 5.01. The van der Waals surface area contributed by atoms with Gasteiger partial charge in [0.25, 0.3) is 5.56 Å². The molecule has 14 heteroatoms. The molecule has 220 valence electrons. The summed E-state index contributed by atoms with van der Waals surface area (Å²) in [5, 5.41) is 6.80. The summed E-state index contributed by atoms with van der Waals surface area (Å²) < 4.78 is 74.6. The first kappa shape index (κ1) is 28.3. The Morgan fingerprint density at radius 3 is 2.58 bits per heavy atom. The number of alkyl halides is 3. The van der Waals surface area contributed by atoms with Crippen LogP contribution in [0.15, 0.2) is 65.0 Å². The number of nitrogen functional groups attached to an aromatic ring is 1. The lowest BCUT2D eigenvalue weighted by Gasteiger charge is -2.18. The maximum absolute atomic E-state index is 14.9. The Hall–Kier alpha value is -4.85. The zero-order chi connectivity index (χ0) is 30.6. The largest absolute Gasteiger partial charge is 0.481 e. The SMILES string of the molecule is Cc1csc2cc([C@H](C)n3nc(-c4ccc(OCC(F)(F)F)c(F)c4)c4c(N)ncnc43)c(-c3cccc(F)c3)c(=O)n12. The van der Waals surface area contributed by atoms with Gasteiger partial charge in [0.05, 0.1) is 17.0 Å². The van der Waals surface area contributed by atoms with Crippen molar-refractivity contribution in [2.75, 3.05) is 12.3 Å².